The third kappa shape index (κ3) is 4.22. The number of carbonyl (C=O) groups is 2. The molecule has 0 bridgehead atoms. The molecule has 1 aromatic carbocycles. The first kappa shape index (κ1) is 15.8. The Morgan fingerprint density at radius 2 is 2.13 bits per heavy atom. The van der Waals surface area contributed by atoms with E-state index >= 15 is 0 Å². The van der Waals surface area contributed by atoms with Crippen molar-refractivity contribution in [3.8, 4) is 0 Å². The highest BCUT2D eigenvalue weighted by Gasteiger charge is 2.21. The van der Waals surface area contributed by atoms with Crippen molar-refractivity contribution in [1.82, 2.24) is 10.2 Å². The number of esters is 1. The number of benzene rings is 1. The molecule has 3 rings (SSSR count). The number of amides is 2. The predicted octanol–water partition coefficient (Wildman–Crippen LogP) is 1.48. The van der Waals surface area contributed by atoms with Crippen molar-refractivity contribution in [3.05, 3.63) is 35.4 Å². The Hall–Kier alpha value is -2.08. The third-order valence-electron chi connectivity index (χ3n) is 4.21. The fourth-order valence-electron chi connectivity index (χ4n) is 2.90. The van der Waals surface area contributed by atoms with E-state index in [1.165, 1.54) is 11.1 Å². The second-order valence-electron chi connectivity index (χ2n) is 5.90. The van der Waals surface area contributed by atoms with Crippen LogP contribution >= 0.6 is 0 Å². The first-order valence-corrected chi connectivity index (χ1v) is 8.09. The van der Waals surface area contributed by atoms with Gasteiger partial charge in [0.25, 0.3) is 0 Å². The van der Waals surface area contributed by atoms with Gasteiger partial charge in [-0.15, -0.1) is 0 Å². The van der Waals surface area contributed by atoms with Crippen LogP contribution in [0.5, 0.6) is 0 Å². The Kier molecular flexibility index (Phi) is 5.12. The summed E-state index contributed by atoms with van der Waals surface area (Å²) in [7, 11) is 0. The molecule has 1 atom stereocenters. The topological polar surface area (TPSA) is 67.9 Å². The number of ether oxygens (including phenoxy) is 2. The molecule has 6 heteroatoms. The van der Waals surface area contributed by atoms with E-state index in [4.69, 9.17) is 9.47 Å². The van der Waals surface area contributed by atoms with Crippen LogP contribution in [0.4, 0.5) is 4.79 Å². The van der Waals surface area contributed by atoms with E-state index in [1.54, 1.807) is 4.90 Å². The molecule has 0 aromatic heterocycles. The van der Waals surface area contributed by atoms with E-state index in [9.17, 15) is 9.59 Å². The van der Waals surface area contributed by atoms with Gasteiger partial charge in [0.05, 0.1) is 19.6 Å². The SMILES string of the molecule is O=C(CCNC(=O)N1CCc2ccccc2C1)O[C@H]1CCOC1. The fourth-order valence-corrected chi connectivity index (χ4v) is 2.90. The summed E-state index contributed by atoms with van der Waals surface area (Å²) in [6, 6.07) is 8.04. The highest BCUT2D eigenvalue weighted by molar-refractivity contribution is 5.76. The molecule has 124 valence electrons. The van der Waals surface area contributed by atoms with Crippen molar-refractivity contribution in [2.75, 3.05) is 26.3 Å². The van der Waals surface area contributed by atoms with Crippen LogP contribution in [0.2, 0.25) is 0 Å². The summed E-state index contributed by atoms with van der Waals surface area (Å²) in [6.07, 6.45) is 1.68. The Bertz CT molecular complexity index is 569. The van der Waals surface area contributed by atoms with Crippen molar-refractivity contribution in [2.24, 2.45) is 0 Å². The molecule has 0 radical (unpaired) electrons. The van der Waals surface area contributed by atoms with Gasteiger partial charge in [0.2, 0.25) is 0 Å². The van der Waals surface area contributed by atoms with Crippen LogP contribution < -0.4 is 5.32 Å². The van der Waals surface area contributed by atoms with Crippen molar-refractivity contribution in [3.63, 3.8) is 0 Å². The Labute approximate surface area is 135 Å². The number of hydrogen-bond donors (Lipinski definition) is 1. The van der Waals surface area contributed by atoms with Crippen LogP contribution in [0.1, 0.15) is 24.0 Å². The van der Waals surface area contributed by atoms with Crippen LogP contribution in [-0.4, -0.2) is 49.3 Å². The lowest BCUT2D eigenvalue weighted by molar-refractivity contribution is -0.148. The Morgan fingerprint density at radius 1 is 1.30 bits per heavy atom. The van der Waals surface area contributed by atoms with Gasteiger partial charge < -0.3 is 19.7 Å². The molecular formula is C17H22N2O4. The Balaban J connectivity index is 1.39. The Morgan fingerprint density at radius 3 is 2.91 bits per heavy atom. The minimum absolute atomic E-state index is 0.128. The van der Waals surface area contributed by atoms with Gasteiger partial charge in [0.15, 0.2) is 0 Å². The van der Waals surface area contributed by atoms with Crippen molar-refractivity contribution < 1.29 is 19.1 Å². The van der Waals surface area contributed by atoms with E-state index < -0.39 is 0 Å². The molecule has 0 aliphatic carbocycles. The molecule has 6 nitrogen and oxygen atoms in total. The zero-order valence-corrected chi connectivity index (χ0v) is 13.1. The van der Waals surface area contributed by atoms with Gasteiger partial charge >= 0.3 is 12.0 Å². The molecule has 1 N–H and O–H groups in total. The minimum atomic E-state index is -0.287. The first-order valence-electron chi connectivity index (χ1n) is 8.09. The molecule has 1 fully saturated rings. The fraction of sp³-hybridized carbons (Fsp3) is 0.529. The van der Waals surface area contributed by atoms with Crippen LogP contribution in [0, 0.1) is 0 Å². The monoisotopic (exact) mass is 318 g/mol. The summed E-state index contributed by atoms with van der Waals surface area (Å²) in [4.78, 5) is 25.6. The maximum absolute atomic E-state index is 12.2. The number of nitrogens with one attached hydrogen (secondary N) is 1. The highest BCUT2D eigenvalue weighted by Crippen LogP contribution is 2.18. The maximum Gasteiger partial charge on any atom is 0.317 e. The van der Waals surface area contributed by atoms with E-state index in [2.05, 4.69) is 17.4 Å². The van der Waals surface area contributed by atoms with Crippen molar-refractivity contribution in [2.45, 2.75) is 31.9 Å². The molecule has 1 saturated heterocycles. The largest absolute Gasteiger partial charge is 0.460 e. The van der Waals surface area contributed by atoms with Gasteiger partial charge in [-0.25, -0.2) is 4.79 Å². The van der Waals surface area contributed by atoms with Crippen molar-refractivity contribution in [1.29, 1.82) is 0 Å². The predicted molar refractivity (Wildman–Crippen MR) is 83.9 cm³/mol. The normalized spacial score (nSPS) is 20.0. The number of hydrogen-bond acceptors (Lipinski definition) is 4. The quantitative estimate of drug-likeness (QED) is 0.854. The molecule has 2 aliphatic rings. The van der Waals surface area contributed by atoms with Gasteiger partial charge in [0.1, 0.15) is 6.10 Å². The lowest BCUT2D eigenvalue weighted by Gasteiger charge is -2.28. The third-order valence-corrected chi connectivity index (χ3v) is 4.21. The van der Waals surface area contributed by atoms with Crippen LogP contribution in [-0.2, 0) is 27.2 Å². The molecule has 0 spiro atoms. The molecule has 0 unspecified atom stereocenters. The van der Waals surface area contributed by atoms with E-state index in [1.807, 2.05) is 12.1 Å². The van der Waals surface area contributed by atoms with Gasteiger partial charge in [-0.2, -0.15) is 0 Å². The van der Waals surface area contributed by atoms with Crippen LogP contribution in [0.15, 0.2) is 24.3 Å². The standard InChI is InChI=1S/C17H22N2O4/c20-16(23-15-7-10-22-12-15)5-8-18-17(21)19-9-6-13-3-1-2-4-14(13)11-19/h1-4,15H,5-12H2,(H,18,21)/t15-/m0/s1. The second kappa shape index (κ2) is 7.46. The van der Waals surface area contributed by atoms with Gasteiger partial charge in [-0.05, 0) is 17.5 Å². The number of fused-ring (bicyclic) bond motifs is 1. The van der Waals surface area contributed by atoms with Gasteiger partial charge in [-0.1, -0.05) is 24.3 Å². The van der Waals surface area contributed by atoms with Crippen LogP contribution in [0.3, 0.4) is 0 Å². The van der Waals surface area contributed by atoms with Crippen LogP contribution in [0.25, 0.3) is 0 Å². The molecule has 1 aromatic rings. The maximum atomic E-state index is 12.2. The van der Waals surface area contributed by atoms with E-state index in [0.717, 1.165) is 12.8 Å². The lowest BCUT2D eigenvalue weighted by Crippen LogP contribution is -2.43. The summed E-state index contributed by atoms with van der Waals surface area (Å²) in [5.74, 6) is -0.287. The molecule has 2 heterocycles. The number of carbonyl (C=O) groups excluding carboxylic acids is 2. The molecular weight excluding hydrogens is 296 g/mol. The molecule has 2 aliphatic heterocycles. The summed E-state index contributed by atoms with van der Waals surface area (Å²) in [5, 5.41) is 2.79. The average Bonchev–Trinajstić information content (AvgIpc) is 3.07. The summed E-state index contributed by atoms with van der Waals surface area (Å²) in [5.41, 5.74) is 2.49. The number of rotatable bonds is 4. The summed E-state index contributed by atoms with van der Waals surface area (Å²) in [6.45, 7) is 2.73. The zero-order valence-electron chi connectivity index (χ0n) is 13.1. The molecule has 2 amide bonds. The molecule has 23 heavy (non-hydrogen) atoms. The minimum Gasteiger partial charge on any atom is -0.460 e. The van der Waals surface area contributed by atoms with E-state index in [-0.39, 0.29) is 24.5 Å². The highest BCUT2D eigenvalue weighted by atomic mass is 16.6. The van der Waals surface area contributed by atoms with Gasteiger partial charge in [0, 0.05) is 26.1 Å². The van der Waals surface area contributed by atoms with E-state index in [0.29, 0.717) is 32.8 Å². The average molecular weight is 318 g/mol. The summed E-state index contributed by atoms with van der Waals surface area (Å²) < 4.78 is 10.4. The smallest absolute Gasteiger partial charge is 0.317 e. The van der Waals surface area contributed by atoms with Crippen molar-refractivity contribution >= 4 is 12.0 Å². The lowest BCUT2D eigenvalue weighted by atomic mass is 10.0. The van der Waals surface area contributed by atoms with Gasteiger partial charge in [-0.3, -0.25) is 4.79 Å². The molecule has 0 saturated carbocycles. The number of urea groups is 1. The second-order valence-corrected chi connectivity index (χ2v) is 5.90. The number of nitrogens with zero attached hydrogens (tertiary/aromatic N) is 1. The first-order chi connectivity index (χ1) is 11.2. The summed E-state index contributed by atoms with van der Waals surface area (Å²) >= 11 is 0. The zero-order chi connectivity index (χ0) is 16.1.